The van der Waals surface area contributed by atoms with Gasteiger partial charge in [-0.1, -0.05) is 11.6 Å². The summed E-state index contributed by atoms with van der Waals surface area (Å²) in [7, 11) is 0. The minimum atomic E-state index is -0.971. The third kappa shape index (κ3) is 3.26. The minimum absolute atomic E-state index is 0.0144. The average Bonchev–Trinajstić information content (AvgIpc) is 3.20. The molecule has 0 aliphatic rings. The molecule has 0 fully saturated rings. The van der Waals surface area contributed by atoms with Gasteiger partial charge in [0.1, 0.15) is 33.8 Å². The van der Waals surface area contributed by atoms with Crippen LogP contribution in [0.25, 0.3) is 16.7 Å². The Hall–Kier alpha value is -3.80. The molecule has 3 heterocycles. The number of benzene rings is 1. The number of nitrogen functional groups attached to an aromatic ring is 2. The summed E-state index contributed by atoms with van der Waals surface area (Å²) in [5.74, 6) is -1.61. The molecule has 10 nitrogen and oxygen atoms in total. The maximum absolute atomic E-state index is 14.4. The Bertz CT molecular complexity index is 1320. The standard InChI is InChI=1S/C17H14ClF2N9O/c1-6(24-14-11(18)13(21)26-17(22)27-14)15-25-12-8(4-7(19)5-9(12)20)16(30)29(15)10-2-3-23-28-10/h2-6H,1H3,(H,23,28)(H5,21,22,24,26,27). The monoisotopic (exact) mass is 433 g/mol. The van der Waals surface area contributed by atoms with Gasteiger partial charge in [-0.3, -0.25) is 9.89 Å². The van der Waals surface area contributed by atoms with Crippen molar-refractivity contribution in [2.75, 3.05) is 16.8 Å². The highest BCUT2D eigenvalue weighted by molar-refractivity contribution is 6.35. The van der Waals surface area contributed by atoms with Gasteiger partial charge in [0, 0.05) is 12.1 Å². The molecule has 13 heteroatoms. The molecule has 0 aliphatic heterocycles. The zero-order valence-electron chi connectivity index (χ0n) is 15.3. The number of fused-ring (bicyclic) bond motifs is 1. The van der Waals surface area contributed by atoms with Crippen LogP contribution in [-0.4, -0.2) is 29.7 Å². The summed E-state index contributed by atoms with van der Waals surface area (Å²) in [5, 5.41) is 9.19. The molecule has 0 saturated carbocycles. The van der Waals surface area contributed by atoms with Gasteiger partial charge in [-0.25, -0.2) is 18.3 Å². The Morgan fingerprint density at radius 2 is 2.00 bits per heavy atom. The number of anilines is 3. The summed E-state index contributed by atoms with van der Waals surface area (Å²) in [4.78, 5) is 25.1. The third-order valence-corrected chi connectivity index (χ3v) is 4.65. The molecule has 0 bridgehead atoms. The van der Waals surface area contributed by atoms with E-state index in [1.165, 1.54) is 12.3 Å². The molecular formula is C17H14ClF2N9O. The Morgan fingerprint density at radius 1 is 1.23 bits per heavy atom. The van der Waals surface area contributed by atoms with E-state index >= 15 is 0 Å². The molecule has 4 rings (SSSR count). The number of nitrogens with zero attached hydrogens (tertiary/aromatic N) is 5. The summed E-state index contributed by atoms with van der Waals surface area (Å²) < 4.78 is 29.2. The van der Waals surface area contributed by atoms with Crippen LogP contribution in [0.5, 0.6) is 0 Å². The summed E-state index contributed by atoms with van der Waals surface area (Å²) in [5.41, 5.74) is 10.3. The Kier molecular flexibility index (Phi) is 4.70. The van der Waals surface area contributed by atoms with Crippen molar-refractivity contribution in [3.8, 4) is 5.82 Å². The van der Waals surface area contributed by atoms with Crippen LogP contribution in [0.3, 0.4) is 0 Å². The lowest BCUT2D eigenvalue weighted by molar-refractivity contribution is 0.587. The number of H-pyrrole nitrogens is 1. The summed E-state index contributed by atoms with van der Waals surface area (Å²) in [6.07, 6.45) is 1.42. The Balaban J connectivity index is 1.93. The molecule has 30 heavy (non-hydrogen) atoms. The summed E-state index contributed by atoms with van der Waals surface area (Å²) in [6.45, 7) is 1.63. The molecule has 0 saturated heterocycles. The molecule has 1 unspecified atom stereocenters. The molecule has 3 aromatic heterocycles. The molecular weight excluding hydrogens is 420 g/mol. The maximum Gasteiger partial charge on any atom is 0.267 e. The highest BCUT2D eigenvalue weighted by Crippen LogP contribution is 2.29. The second-order valence-electron chi connectivity index (χ2n) is 6.33. The van der Waals surface area contributed by atoms with Crippen LogP contribution in [0.2, 0.25) is 5.02 Å². The van der Waals surface area contributed by atoms with E-state index in [9.17, 15) is 13.6 Å². The van der Waals surface area contributed by atoms with Crippen molar-refractivity contribution < 1.29 is 8.78 Å². The predicted molar refractivity (Wildman–Crippen MR) is 107 cm³/mol. The fraction of sp³-hybridized carbons (Fsp3) is 0.118. The first-order valence-corrected chi connectivity index (χ1v) is 8.90. The van der Waals surface area contributed by atoms with Crippen molar-refractivity contribution in [3.63, 3.8) is 0 Å². The van der Waals surface area contributed by atoms with Crippen LogP contribution in [0.15, 0.2) is 29.2 Å². The largest absolute Gasteiger partial charge is 0.382 e. The van der Waals surface area contributed by atoms with E-state index < -0.39 is 23.2 Å². The predicted octanol–water partition coefficient (Wildman–Crippen LogP) is 2.17. The van der Waals surface area contributed by atoms with Gasteiger partial charge in [-0.05, 0) is 13.0 Å². The number of nitrogens with two attached hydrogens (primary N) is 2. The van der Waals surface area contributed by atoms with Crippen molar-refractivity contribution in [1.82, 2.24) is 29.7 Å². The molecule has 4 aromatic rings. The van der Waals surface area contributed by atoms with Crippen molar-refractivity contribution in [2.45, 2.75) is 13.0 Å². The van der Waals surface area contributed by atoms with E-state index in [1.54, 1.807) is 6.92 Å². The van der Waals surface area contributed by atoms with Crippen LogP contribution in [0.1, 0.15) is 18.8 Å². The van der Waals surface area contributed by atoms with E-state index in [0.29, 0.717) is 6.07 Å². The van der Waals surface area contributed by atoms with E-state index in [-0.39, 0.29) is 45.2 Å². The van der Waals surface area contributed by atoms with Crippen molar-refractivity contribution in [1.29, 1.82) is 0 Å². The molecule has 1 atom stereocenters. The molecule has 0 radical (unpaired) electrons. The lowest BCUT2D eigenvalue weighted by Crippen LogP contribution is -2.28. The van der Waals surface area contributed by atoms with E-state index in [1.807, 2.05) is 0 Å². The third-order valence-electron chi connectivity index (χ3n) is 4.28. The number of aromatic nitrogens is 6. The SMILES string of the molecule is CC(Nc1nc(N)nc(N)c1Cl)c1nc2c(F)cc(F)cc2c(=O)n1-c1ccn[nH]1. The van der Waals surface area contributed by atoms with Crippen LogP contribution >= 0.6 is 11.6 Å². The number of halogens is 3. The topological polar surface area (TPSA) is 153 Å². The molecule has 0 spiro atoms. The maximum atomic E-state index is 14.4. The van der Waals surface area contributed by atoms with Gasteiger partial charge in [-0.2, -0.15) is 15.1 Å². The van der Waals surface area contributed by atoms with Gasteiger partial charge < -0.3 is 16.8 Å². The minimum Gasteiger partial charge on any atom is -0.382 e. The molecule has 154 valence electrons. The number of aromatic amines is 1. The quantitative estimate of drug-likeness (QED) is 0.382. The van der Waals surface area contributed by atoms with Crippen LogP contribution in [-0.2, 0) is 0 Å². The van der Waals surface area contributed by atoms with E-state index in [0.717, 1.165) is 10.6 Å². The van der Waals surface area contributed by atoms with Crippen molar-refractivity contribution in [3.05, 3.63) is 57.2 Å². The molecule has 1 aromatic carbocycles. The van der Waals surface area contributed by atoms with Gasteiger partial charge in [0.15, 0.2) is 11.6 Å². The smallest absolute Gasteiger partial charge is 0.267 e. The zero-order chi connectivity index (χ0) is 21.6. The molecule has 6 N–H and O–H groups in total. The lowest BCUT2D eigenvalue weighted by Gasteiger charge is -2.20. The number of rotatable bonds is 4. The van der Waals surface area contributed by atoms with Crippen molar-refractivity contribution in [2.24, 2.45) is 0 Å². The first-order chi connectivity index (χ1) is 14.3. The van der Waals surface area contributed by atoms with E-state index in [4.69, 9.17) is 23.1 Å². The molecule has 0 aliphatic carbocycles. The lowest BCUT2D eigenvalue weighted by atomic mass is 10.2. The summed E-state index contributed by atoms with van der Waals surface area (Å²) >= 11 is 6.13. The fourth-order valence-corrected chi connectivity index (χ4v) is 3.11. The normalized spacial score (nSPS) is 12.3. The first kappa shape index (κ1) is 19.5. The highest BCUT2D eigenvalue weighted by Gasteiger charge is 2.22. The number of hydrogen-bond donors (Lipinski definition) is 4. The zero-order valence-corrected chi connectivity index (χ0v) is 16.1. The van der Waals surface area contributed by atoms with Gasteiger partial charge in [-0.15, -0.1) is 0 Å². The Morgan fingerprint density at radius 3 is 2.70 bits per heavy atom. The fourth-order valence-electron chi connectivity index (χ4n) is 2.98. The highest BCUT2D eigenvalue weighted by atomic mass is 35.5. The van der Waals surface area contributed by atoms with Crippen LogP contribution in [0.4, 0.5) is 26.4 Å². The number of hydrogen-bond acceptors (Lipinski definition) is 8. The van der Waals surface area contributed by atoms with Crippen LogP contribution in [0, 0.1) is 11.6 Å². The van der Waals surface area contributed by atoms with E-state index in [2.05, 4.69) is 30.5 Å². The molecule has 0 amide bonds. The number of nitrogens with one attached hydrogen (secondary N) is 2. The Labute approximate surface area is 171 Å². The average molecular weight is 434 g/mol. The van der Waals surface area contributed by atoms with Gasteiger partial charge in [0.05, 0.1) is 17.6 Å². The van der Waals surface area contributed by atoms with Crippen molar-refractivity contribution >= 4 is 40.1 Å². The van der Waals surface area contributed by atoms with Gasteiger partial charge >= 0.3 is 0 Å². The van der Waals surface area contributed by atoms with Gasteiger partial charge in [0.25, 0.3) is 5.56 Å². The second-order valence-corrected chi connectivity index (χ2v) is 6.71. The summed E-state index contributed by atoms with van der Waals surface area (Å²) in [6, 6.07) is 2.33. The first-order valence-electron chi connectivity index (χ1n) is 8.52. The second kappa shape index (κ2) is 7.22. The van der Waals surface area contributed by atoms with Gasteiger partial charge in [0.2, 0.25) is 5.95 Å². The van der Waals surface area contributed by atoms with Crippen LogP contribution < -0.4 is 22.3 Å².